The van der Waals surface area contributed by atoms with E-state index < -0.39 is 0 Å². The quantitative estimate of drug-likeness (QED) is 0.510. The predicted octanol–water partition coefficient (Wildman–Crippen LogP) is 4.14. The molecule has 0 fully saturated rings. The van der Waals surface area contributed by atoms with Gasteiger partial charge in [-0.15, -0.1) is 10.2 Å². The number of nitrogens with zero attached hydrogens (tertiary/aromatic N) is 3. The summed E-state index contributed by atoms with van der Waals surface area (Å²) in [5.74, 6) is 1.71. The predicted molar refractivity (Wildman–Crippen MR) is 101 cm³/mol. The average molecular weight is 397 g/mol. The van der Waals surface area contributed by atoms with Crippen molar-refractivity contribution in [1.29, 1.82) is 0 Å². The number of rotatable bonds is 9. The molecule has 0 unspecified atom stereocenters. The van der Waals surface area contributed by atoms with Gasteiger partial charge in [0.2, 0.25) is 0 Å². The van der Waals surface area contributed by atoms with Crippen LogP contribution in [0, 0.1) is 5.92 Å². The van der Waals surface area contributed by atoms with E-state index in [4.69, 9.17) is 0 Å². The van der Waals surface area contributed by atoms with Gasteiger partial charge in [-0.3, -0.25) is 0 Å². The average Bonchev–Trinajstić information content (AvgIpc) is 2.88. The summed E-state index contributed by atoms with van der Waals surface area (Å²) in [6.45, 7) is 7.33. The molecule has 0 radical (unpaired) electrons. The third-order valence-corrected chi connectivity index (χ3v) is 4.66. The van der Waals surface area contributed by atoms with Crippen LogP contribution in [0.15, 0.2) is 33.9 Å². The molecule has 1 N–H and O–H groups in total. The van der Waals surface area contributed by atoms with Gasteiger partial charge in [0, 0.05) is 24.0 Å². The summed E-state index contributed by atoms with van der Waals surface area (Å²) >= 11 is 5.17. The summed E-state index contributed by atoms with van der Waals surface area (Å²) in [6.07, 6.45) is 4.09. The molecule has 0 saturated heterocycles. The molecule has 23 heavy (non-hydrogen) atoms. The van der Waals surface area contributed by atoms with Crippen LogP contribution in [0.3, 0.4) is 0 Å². The molecule has 1 aromatic carbocycles. The molecule has 2 rings (SSSR count). The van der Waals surface area contributed by atoms with E-state index in [1.807, 2.05) is 6.07 Å². The van der Waals surface area contributed by atoms with E-state index >= 15 is 0 Å². The van der Waals surface area contributed by atoms with E-state index in [1.54, 1.807) is 11.8 Å². The fraction of sp³-hybridized carbons (Fsp3) is 0.529. The van der Waals surface area contributed by atoms with E-state index in [0.29, 0.717) is 5.92 Å². The summed E-state index contributed by atoms with van der Waals surface area (Å²) in [6, 6.07) is 8.41. The number of thioether (sulfide) groups is 1. The van der Waals surface area contributed by atoms with Crippen LogP contribution in [-0.4, -0.2) is 27.6 Å². The second kappa shape index (κ2) is 9.45. The van der Waals surface area contributed by atoms with Crippen molar-refractivity contribution in [2.75, 3.05) is 12.8 Å². The van der Waals surface area contributed by atoms with Gasteiger partial charge < -0.3 is 9.88 Å². The molecule has 0 bridgehead atoms. The second-order valence-electron chi connectivity index (χ2n) is 6.02. The summed E-state index contributed by atoms with van der Waals surface area (Å²) in [5.41, 5.74) is 1.30. The summed E-state index contributed by atoms with van der Waals surface area (Å²) < 4.78 is 3.40. The molecule has 0 aliphatic rings. The fourth-order valence-corrected chi connectivity index (χ4v) is 3.42. The highest BCUT2D eigenvalue weighted by atomic mass is 79.9. The first-order chi connectivity index (χ1) is 11.1. The van der Waals surface area contributed by atoms with Crippen LogP contribution in [0.4, 0.5) is 0 Å². The van der Waals surface area contributed by atoms with Crippen molar-refractivity contribution in [3.63, 3.8) is 0 Å². The number of halogens is 1. The van der Waals surface area contributed by atoms with Crippen molar-refractivity contribution >= 4 is 27.7 Å². The lowest BCUT2D eigenvalue weighted by molar-refractivity contribution is 0.475. The maximum absolute atomic E-state index is 4.37. The number of aryl methyl sites for hydroxylation is 1. The third kappa shape index (κ3) is 5.94. The molecule has 4 nitrogen and oxygen atoms in total. The zero-order valence-electron chi connectivity index (χ0n) is 14.1. The van der Waals surface area contributed by atoms with Crippen LogP contribution in [0.2, 0.25) is 0 Å². The van der Waals surface area contributed by atoms with Gasteiger partial charge in [-0.2, -0.15) is 0 Å². The van der Waals surface area contributed by atoms with Crippen LogP contribution >= 0.6 is 27.7 Å². The van der Waals surface area contributed by atoms with Gasteiger partial charge in [-0.25, -0.2) is 0 Å². The Hall–Kier alpha value is -0.850. The van der Waals surface area contributed by atoms with Crippen molar-refractivity contribution < 1.29 is 0 Å². The van der Waals surface area contributed by atoms with Crippen LogP contribution in [0.25, 0.3) is 0 Å². The maximum Gasteiger partial charge on any atom is 0.190 e. The highest BCUT2D eigenvalue weighted by Gasteiger charge is 2.12. The molecule has 0 amide bonds. The molecule has 1 aromatic heterocycles. The van der Waals surface area contributed by atoms with Gasteiger partial charge >= 0.3 is 0 Å². The largest absolute Gasteiger partial charge is 0.313 e. The molecule has 0 atom stereocenters. The van der Waals surface area contributed by atoms with E-state index in [-0.39, 0.29) is 0 Å². The number of benzene rings is 1. The Morgan fingerprint density at radius 1 is 1.30 bits per heavy atom. The van der Waals surface area contributed by atoms with Crippen LogP contribution in [0.5, 0.6) is 0 Å². The van der Waals surface area contributed by atoms with Crippen molar-refractivity contribution in [2.45, 2.75) is 44.9 Å². The highest BCUT2D eigenvalue weighted by Crippen LogP contribution is 2.16. The highest BCUT2D eigenvalue weighted by molar-refractivity contribution is 9.10. The molecule has 0 saturated carbocycles. The van der Waals surface area contributed by atoms with Gasteiger partial charge in [-0.05, 0) is 42.8 Å². The molecular weight excluding hydrogens is 372 g/mol. The first-order valence-corrected chi connectivity index (χ1v) is 10.0. The minimum absolute atomic E-state index is 0.602. The Bertz CT molecular complexity index is 612. The first-order valence-electron chi connectivity index (χ1n) is 8.01. The lowest BCUT2D eigenvalue weighted by Crippen LogP contribution is -2.16. The molecule has 0 spiro atoms. The summed E-state index contributed by atoms with van der Waals surface area (Å²) in [5, 5.41) is 13.2. The number of nitrogens with one attached hydrogen (secondary N) is 1. The van der Waals surface area contributed by atoms with Crippen molar-refractivity contribution in [3.05, 3.63) is 40.1 Å². The minimum atomic E-state index is 0.602. The van der Waals surface area contributed by atoms with Gasteiger partial charge in [0.1, 0.15) is 5.82 Å². The Morgan fingerprint density at radius 3 is 2.83 bits per heavy atom. The molecule has 1 heterocycles. The third-order valence-electron chi connectivity index (χ3n) is 3.50. The normalized spacial score (nSPS) is 11.3. The number of hydrogen-bond acceptors (Lipinski definition) is 4. The second-order valence-corrected chi connectivity index (χ2v) is 7.71. The smallest absolute Gasteiger partial charge is 0.190 e. The number of aromatic nitrogens is 3. The lowest BCUT2D eigenvalue weighted by atomic mass is 10.2. The molecule has 126 valence electrons. The topological polar surface area (TPSA) is 42.7 Å². The van der Waals surface area contributed by atoms with Gasteiger partial charge in [0.15, 0.2) is 5.16 Å². The van der Waals surface area contributed by atoms with E-state index in [0.717, 1.165) is 47.9 Å². The Labute approximate surface area is 151 Å². The van der Waals surface area contributed by atoms with E-state index in [2.05, 4.69) is 74.3 Å². The van der Waals surface area contributed by atoms with Crippen molar-refractivity contribution in [3.8, 4) is 0 Å². The summed E-state index contributed by atoms with van der Waals surface area (Å²) in [4.78, 5) is 0. The zero-order chi connectivity index (χ0) is 16.7. The van der Waals surface area contributed by atoms with Gasteiger partial charge in [0.05, 0.1) is 0 Å². The van der Waals surface area contributed by atoms with E-state index in [9.17, 15) is 0 Å². The molecule has 0 aliphatic carbocycles. The molecular formula is C17H25BrN4S. The van der Waals surface area contributed by atoms with Gasteiger partial charge in [0.25, 0.3) is 0 Å². The fourth-order valence-electron chi connectivity index (χ4n) is 2.45. The SMILES string of the molecule is CSc1nnc(CCCNCc2cccc(Br)c2)n1CC(C)C. The zero-order valence-corrected chi connectivity index (χ0v) is 16.5. The van der Waals surface area contributed by atoms with E-state index in [1.165, 1.54) is 5.56 Å². The Kier molecular flexibility index (Phi) is 7.59. The molecule has 6 heteroatoms. The van der Waals surface area contributed by atoms with Crippen molar-refractivity contribution in [1.82, 2.24) is 20.1 Å². The molecule has 2 aromatic rings. The lowest BCUT2D eigenvalue weighted by Gasteiger charge is -2.11. The molecule has 0 aliphatic heterocycles. The summed E-state index contributed by atoms with van der Waals surface area (Å²) in [7, 11) is 0. The Morgan fingerprint density at radius 2 is 2.13 bits per heavy atom. The van der Waals surface area contributed by atoms with Crippen LogP contribution in [0.1, 0.15) is 31.7 Å². The van der Waals surface area contributed by atoms with Gasteiger partial charge in [-0.1, -0.05) is 53.7 Å². The van der Waals surface area contributed by atoms with Crippen LogP contribution < -0.4 is 5.32 Å². The standard InChI is InChI=1S/C17H25BrN4S/c1-13(2)12-22-16(20-21-17(22)23-3)8-5-9-19-11-14-6-4-7-15(18)10-14/h4,6-7,10,13,19H,5,8-9,11-12H2,1-3H3. The first kappa shape index (κ1) is 18.5. The van der Waals surface area contributed by atoms with Crippen LogP contribution in [-0.2, 0) is 19.5 Å². The monoisotopic (exact) mass is 396 g/mol. The Balaban J connectivity index is 1.79. The van der Waals surface area contributed by atoms with Crippen molar-refractivity contribution in [2.24, 2.45) is 5.92 Å². The number of hydrogen-bond donors (Lipinski definition) is 1. The maximum atomic E-state index is 4.37. The minimum Gasteiger partial charge on any atom is -0.313 e.